The van der Waals surface area contributed by atoms with Crippen molar-refractivity contribution in [1.82, 2.24) is 4.90 Å². The molecule has 0 heterocycles. The summed E-state index contributed by atoms with van der Waals surface area (Å²) in [5.41, 5.74) is 5.90. The third kappa shape index (κ3) is 4.52. The maximum Gasteiger partial charge on any atom is 0.239 e. The van der Waals surface area contributed by atoms with Gasteiger partial charge in [-0.3, -0.25) is 4.79 Å². The number of carbonyl (C=O) groups excluding carboxylic acids is 1. The molecule has 3 nitrogen and oxygen atoms in total. The van der Waals surface area contributed by atoms with Gasteiger partial charge in [0.1, 0.15) is 0 Å². The average molecular weight is 228 g/mol. The van der Waals surface area contributed by atoms with Crippen molar-refractivity contribution < 1.29 is 4.79 Å². The molecule has 0 aromatic heterocycles. The fraction of sp³-hybridized carbons (Fsp3) is 0.923. The topological polar surface area (TPSA) is 46.3 Å². The normalized spacial score (nSPS) is 13.2. The quantitative estimate of drug-likeness (QED) is 0.726. The summed E-state index contributed by atoms with van der Waals surface area (Å²) in [6, 6.07) is -0.352. The maximum atomic E-state index is 12.1. The summed E-state index contributed by atoms with van der Waals surface area (Å²) in [7, 11) is 0. The van der Waals surface area contributed by atoms with Crippen LogP contribution in [0.2, 0.25) is 0 Å². The zero-order valence-electron chi connectivity index (χ0n) is 11.5. The molecule has 2 N–H and O–H groups in total. The van der Waals surface area contributed by atoms with Gasteiger partial charge in [-0.2, -0.15) is 0 Å². The SMILES string of the molecule is CCC(CC)CN(CC)C(=O)C(N)C(C)C. The first-order chi connectivity index (χ1) is 7.47. The van der Waals surface area contributed by atoms with E-state index in [-0.39, 0.29) is 17.9 Å². The van der Waals surface area contributed by atoms with E-state index in [0.29, 0.717) is 5.92 Å². The van der Waals surface area contributed by atoms with Crippen LogP contribution in [-0.2, 0) is 4.79 Å². The lowest BCUT2D eigenvalue weighted by Gasteiger charge is -2.29. The predicted molar refractivity (Wildman–Crippen MR) is 69.1 cm³/mol. The van der Waals surface area contributed by atoms with Gasteiger partial charge in [0.05, 0.1) is 6.04 Å². The van der Waals surface area contributed by atoms with E-state index in [1.807, 2.05) is 25.7 Å². The third-order valence-electron chi connectivity index (χ3n) is 3.33. The highest BCUT2D eigenvalue weighted by Crippen LogP contribution is 2.12. The van der Waals surface area contributed by atoms with Crippen molar-refractivity contribution in [1.29, 1.82) is 0 Å². The minimum absolute atomic E-state index is 0.101. The maximum absolute atomic E-state index is 12.1. The van der Waals surface area contributed by atoms with E-state index < -0.39 is 0 Å². The molecular weight excluding hydrogens is 200 g/mol. The number of rotatable bonds is 7. The molecule has 0 aliphatic heterocycles. The Morgan fingerprint density at radius 2 is 1.69 bits per heavy atom. The van der Waals surface area contributed by atoms with Gasteiger partial charge in [0.25, 0.3) is 0 Å². The van der Waals surface area contributed by atoms with E-state index in [2.05, 4.69) is 13.8 Å². The Hall–Kier alpha value is -0.570. The summed E-state index contributed by atoms with van der Waals surface area (Å²) in [4.78, 5) is 14.0. The molecule has 0 aliphatic carbocycles. The van der Waals surface area contributed by atoms with Gasteiger partial charge in [-0.25, -0.2) is 0 Å². The molecule has 0 saturated carbocycles. The van der Waals surface area contributed by atoms with Crippen LogP contribution in [0.1, 0.15) is 47.5 Å². The molecule has 16 heavy (non-hydrogen) atoms. The molecule has 0 bridgehead atoms. The van der Waals surface area contributed by atoms with Crippen molar-refractivity contribution in [2.24, 2.45) is 17.6 Å². The van der Waals surface area contributed by atoms with Gasteiger partial charge in [-0.15, -0.1) is 0 Å². The van der Waals surface area contributed by atoms with E-state index in [1.165, 1.54) is 0 Å². The van der Waals surface area contributed by atoms with E-state index in [1.54, 1.807) is 0 Å². The van der Waals surface area contributed by atoms with Gasteiger partial charge in [-0.05, 0) is 18.8 Å². The third-order valence-corrected chi connectivity index (χ3v) is 3.33. The Morgan fingerprint density at radius 3 is 2.00 bits per heavy atom. The molecule has 1 atom stereocenters. The van der Waals surface area contributed by atoms with Crippen LogP contribution in [0.5, 0.6) is 0 Å². The molecule has 0 aliphatic rings. The average Bonchev–Trinajstić information content (AvgIpc) is 2.29. The van der Waals surface area contributed by atoms with Crippen molar-refractivity contribution >= 4 is 5.91 Å². The van der Waals surface area contributed by atoms with Gasteiger partial charge in [0.15, 0.2) is 0 Å². The Labute approximate surface area is 100 Å². The van der Waals surface area contributed by atoms with Crippen LogP contribution in [0.15, 0.2) is 0 Å². The number of nitrogens with two attached hydrogens (primary N) is 1. The highest BCUT2D eigenvalue weighted by Gasteiger charge is 2.23. The van der Waals surface area contributed by atoms with Gasteiger partial charge in [0.2, 0.25) is 5.91 Å². The Bertz CT molecular complexity index is 200. The molecule has 1 amide bonds. The largest absolute Gasteiger partial charge is 0.341 e. The zero-order chi connectivity index (χ0) is 12.7. The molecule has 0 aromatic rings. The predicted octanol–water partition coefficient (Wildman–Crippen LogP) is 2.25. The van der Waals surface area contributed by atoms with Crippen LogP contribution in [0, 0.1) is 11.8 Å². The van der Waals surface area contributed by atoms with Crippen LogP contribution in [0.4, 0.5) is 0 Å². The minimum atomic E-state index is -0.352. The highest BCUT2D eigenvalue weighted by molar-refractivity contribution is 5.81. The lowest BCUT2D eigenvalue weighted by Crippen LogP contribution is -2.47. The fourth-order valence-corrected chi connectivity index (χ4v) is 1.73. The van der Waals surface area contributed by atoms with Crippen LogP contribution < -0.4 is 5.73 Å². The molecule has 0 saturated heterocycles. The summed E-state index contributed by atoms with van der Waals surface area (Å²) in [5.74, 6) is 0.913. The van der Waals surface area contributed by atoms with Crippen molar-refractivity contribution in [3.8, 4) is 0 Å². The van der Waals surface area contributed by atoms with E-state index in [9.17, 15) is 4.79 Å². The molecule has 0 aromatic carbocycles. The Kier molecular flexibility index (Phi) is 7.39. The van der Waals surface area contributed by atoms with Crippen molar-refractivity contribution in [2.75, 3.05) is 13.1 Å². The standard InChI is InChI=1S/C13H28N2O/c1-6-11(7-2)9-15(8-3)13(16)12(14)10(4)5/h10-12H,6-9,14H2,1-5H3. The first-order valence-electron chi connectivity index (χ1n) is 6.52. The molecule has 1 unspecified atom stereocenters. The van der Waals surface area contributed by atoms with Crippen molar-refractivity contribution in [3.05, 3.63) is 0 Å². The van der Waals surface area contributed by atoms with Crippen LogP contribution in [0.25, 0.3) is 0 Å². The second kappa shape index (κ2) is 7.66. The number of carbonyl (C=O) groups is 1. The Morgan fingerprint density at radius 1 is 1.19 bits per heavy atom. The molecule has 3 heteroatoms. The molecule has 96 valence electrons. The Balaban J connectivity index is 4.42. The smallest absolute Gasteiger partial charge is 0.239 e. The lowest BCUT2D eigenvalue weighted by atomic mass is 10.0. The van der Waals surface area contributed by atoms with Crippen LogP contribution >= 0.6 is 0 Å². The summed E-state index contributed by atoms with van der Waals surface area (Å²) < 4.78 is 0. The number of nitrogens with zero attached hydrogens (tertiary/aromatic N) is 1. The number of amides is 1. The van der Waals surface area contributed by atoms with E-state index >= 15 is 0 Å². The van der Waals surface area contributed by atoms with Crippen molar-refractivity contribution in [2.45, 2.75) is 53.5 Å². The number of hydrogen-bond donors (Lipinski definition) is 1. The summed E-state index contributed by atoms with van der Waals surface area (Å²) in [6.07, 6.45) is 2.24. The molecular formula is C13H28N2O. The monoisotopic (exact) mass is 228 g/mol. The summed E-state index contributed by atoms with van der Waals surface area (Å²) in [5, 5.41) is 0. The number of hydrogen-bond acceptors (Lipinski definition) is 2. The van der Waals surface area contributed by atoms with Crippen LogP contribution in [-0.4, -0.2) is 29.9 Å². The van der Waals surface area contributed by atoms with Crippen LogP contribution in [0.3, 0.4) is 0 Å². The molecule has 0 spiro atoms. The second-order valence-corrected chi connectivity index (χ2v) is 4.83. The summed E-state index contributed by atoms with van der Waals surface area (Å²) >= 11 is 0. The molecule has 0 rings (SSSR count). The van der Waals surface area contributed by atoms with Gasteiger partial charge >= 0.3 is 0 Å². The first kappa shape index (κ1) is 15.4. The summed E-state index contributed by atoms with van der Waals surface area (Å²) in [6.45, 7) is 12.0. The fourth-order valence-electron chi connectivity index (χ4n) is 1.73. The zero-order valence-corrected chi connectivity index (χ0v) is 11.5. The number of likely N-dealkylation sites (N-methyl/N-ethyl adjacent to an activating group) is 1. The molecule has 0 fully saturated rings. The second-order valence-electron chi connectivity index (χ2n) is 4.83. The van der Waals surface area contributed by atoms with E-state index in [4.69, 9.17) is 5.73 Å². The minimum Gasteiger partial charge on any atom is -0.341 e. The highest BCUT2D eigenvalue weighted by atomic mass is 16.2. The van der Waals surface area contributed by atoms with E-state index in [0.717, 1.165) is 25.9 Å². The van der Waals surface area contributed by atoms with Gasteiger partial charge in [0, 0.05) is 13.1 Å². The lowest BCUT2D eigenvalue weighted by molar-refractivity contribution is -0.134. The van der Waals surface area contributed by atoms with Gasteiger partial charge < -0.3 is 10.6 Å². The van der Waals surface area contributed by atoms with Crippen molar-refractivity contribution in [3.63, 3.8) is 0 Å². The molecule has 0 radical (unpaired) electrons. The van der Waals surface area contributed by atoms with Gasteiger partial charge in [-0.1, -0.05) is 40.5 Å². The first-order valence-corrected chi connectivity index (χ1v) is 6.52.